The maximum Gasteiger partial charge on any atom is 0.278 e. The predicted molar refractivity (Wildman–Crippen MR) is 54.9 cm³/mol. The molecule has 0 atom stereocenters. The van der Waals surface area contributed by atoms with Crippen molar-refractivity contribution in [3.8, 4) is 0 Å². The molecule has 1 aliphatic rings. The molecule has 0 bridgehead atoms. The van der Waals surface area contributed by atoms with Crippen LogP contribution in [0.15, 0.2) is 30.5 Å². The first kappa shape index (κ1) is 8.89. The van der Waals surface area contributed by atoms with E-state index in [0.717, 1.165) is 5.52 Å². The Bertz CT molecular complexity index is 497. The fourth-order valence-corrected chi connectivity index (χ4v) is 2.01. The van der Waals surface area contributed by atoms with E-state index in [1.165, 1.54) is 6.20 Å². The molecule has 1 saturated carbocycles. The molecule has 15 heavy (non-hydrogen) atoms. The molecule has 0 saturated heterocycles. The molecule has 3 heteroatoms. The van der Waals surface area contributed by atoms with Gasteiger partial charge in [0.05, 0.1) is 0 Å². The van der Waals surface area contributed by atoms with Gasteiger partial charge in [-0.15, -0.1) is 0 Å². The SMILES string of the molecule is FC(F)(c1c[nH]c2ccccc12)C1CC1. The lowest BCUT2D eigenvalue weighted by molar-refractivity contribution is -0.0270. The molecule has 0 spiro atoms. The van der Waals surface area contributed by atoms with E-state index < -0.39 is 11.8 Å². The highest BCUT2D eigenvalue weighted by atomic mass is 19.3. The molecular formula is C12H11F2N. The van der Waals surface area contributed by atoms with E-state index >= 15 is 0 Å². The largest absolute Gasteiger partial charge is 0.361 e. The summed E-state index contributed by atoms with van der Waals surface area (Å²) in [5, 5.41) is 0.648. The van der Waals surface area contributed by atoms with Gasteiger partial charge in [-0.3, -0.25) is 0 Å². The highest BCUT2D eigenvalue weighted by Gasteiger charge is 2.49. The van der Waals surface area contributed by atoms with Crippen molar-refractivity contribution < 1.29 is 8.78 Å². The van der Waals surface area contributed by atoms with Crippen molar-refractivity contribution in [1.29, 1.82) is 0 Å². The molecule has 2 aromatic rings. The molecule has 1 heterocycles. The van der Waals surface area contributed by atoms with Gasteiger partial charge in [-0.2, -0.15) is 0 Å². The Balaban J connectivity index is 2.18. The number of nitrogens with one attached hydrogen (secondary N) is 1. The van der Waals surface area contributed by atoms with Gasteiger partial charge < -0.3 is 4.98 Å². The van der Waals surface area contributed by atoms with E-state index in [1.54, 1.807) is 12.1 Å². The van der Waals surface area contributed by atoms with Crippen molar-refractivity contribution in [2.45, 2.75) is 18.8 Å². The first-order chi connectivity index (χ1) is 7.19. The van der Waals surface area contributed by atoms with Crippen LogP contribution >= 0.6 is 0 Å². The van der Waals surface area contributed by atoms with E-state index in [2.05, 4.69) is 4.98 Å². The second-order valence-corrected chi connectivity index (χ2v) is 4.15. The quantitative estimate of drug-likeness (QED) is 0.773. The smallest absolute Gasteiger partial charge is 0.278 e. The highest BCUT2D eigenvalue weighted by molar-refractivity contribution is 5.83. The van der Waals surface area contributed by atoms with Crippen LogP contribution in [0.25, 0.3) is 10.9 Å². The lowest BCUT2D eigenvalue weighted by Crippen LogP contribution is -2.15. The second-order valence-electron chi connectivity index (χ2n) is 4.15. The Morgan fingerprint density at radius 3 is 2.67 bits per heavy atom. The van der Waals surface area contributed by atoms with Gasteiger partial charge >= 0.3 is 0 Å². The van der Waals surface area contributed by atoms with Crippen LogP contribution < -0.4 is 0 Å². The summed E-state index contributed by atoms with van der Waals surface area (Å²) in [6.45, 7) is 0. The van der Waals surface area contributed by atoms with E-state index in [-0.39, 0.29) is 5.56 Å². The molecule has 1 aromatic carbocycles. The number of hydrogen-bond donors (Lipinski definition) is 1. The Kier molecular flexibility index (Phi) is 1.67. The van der Waals surface area contributed by atoms with Crippen molar-refractivity contribution in [3.05, 3.63) is 36.0 Å². The number of para-hydroxylation sites is 1. The van der Waals surface area contributed by atoms with E-state index in [4.69, 9.17) is 0 Å². The fraction of sp³-hybridized carbons (Fsp3) is 0.333. The van der Waals surface area contributed by atoms with E-state index in [1.807, 2.05) is 12.1 Å². The van der Waals surface area contributed by atoms with Crippen LogP contribution in [0.1, 0.15) is 18.4 Å². The maximum absolute atomic E-state index is 13.9. The van der Waals surface area contributed by atoms with Gasteiger partial charge in [-0.1, -0.05) is 18.2 Å². The van der Waals surface area contributed by atoms with Crippen molar-refractivity contribution in [2.75, 3.05) is 0 Å². The van der Waals surface area contributed by atoms with Gasteiger partial charge in [-0.25, -0.2) is 8.78 Å². The lowest BCUT2D eigenvalue weighted by Gasteiger charge is -2.14. The molecule has 0 radical (unpaired) electrons. The van der Waals surface area contributed by atoms with Crippen molar-refractivity contribution >= 4 is 10.9 Å². The molecule has 1 nitrogen and oxygen atoms in total. The monoisotopic (exact) mass is 207 g/mol. The molecule has 0 unspecified atom stereocenters. The lowest BCUT2D eigenvalue weighted by atomic mass is 10.0. The summed E-state index contributed by atoms with van der Waals surface area (Å²) in [4.78, 5) is 2.90. The van der Waals surface area contributed by atoms with Crippen LogP contribution in [0, 0.1) is 5.92 Å². The summed E-state index contributed by atoms with van der Waals surface area (Å²) in [6, 6.07) is 7.21. The zero-order valence-corrected chi connectivity index (χ0v) is 8.13. The van der Waals surface area contributed by atoms with Gasteiger partial charge in [0.15, 0.2) is 0 Å². The van der Waals surface area contributed by atoms with Crippen molar-refractivity contribution in [2.24, 2.45) is 5.92 Å². The maximum atomic E-state index is 13.9. The Hall–Kier alpha value is -1.38. The molecular weight excluding hydrogens is 196 g/mol. The Morgan fingerprint density at radius 2 is 1.93 bits per heavy atom. The molecule has 1 N–H and O–H groups in total. The fourth-order valence-electron chi connectivity index (χ4n) is 2.01. The number of hydrogen-bond acceptors (Lipinski definition) is 0. The average molecular weight is 207 g/mol. The number of aromatic amines is 1. The van der Waals surface area contributed by atoms with Crippen LogP contribution in [0.4, 0.5) is 8.78 Å². The normalized spacial score (nSPS) is 17.2. The standard InChI is InChI=1S/C12H11F2N/c13-12(14,8-5-6-8)10-7-15-11-4-2-1-3-9(10)11/h1-4,7-8,15H,5-6H2. The van der Waals surface area contributed by atoms with Crippen molar-refractivity contribution in [1.82, 2.24) is 4.98 Å². The molecule has 1 aliphatic carbocycles. The third-order valence-electron chi connectivity index (χ3n) is 3.04. The minimum Gasteiger partial charge on any atom is -0.361 e. The average Bonchev–Trinajstić information content (AvgIpc) is 2.98. The number of alkyl halides is 2. The minimum atomic E-state index is -2.67. The third kappa shape index (κ3) is 1.26. The summed E-state index contributed by atoms with van der Waals surface area (Å²) in [5.74, 6) is -3.11. The van der Waals surface area contributed by atoms with Gasteiger partial charge in [0.2, 0.25) is 0 Å². The van der Waals surface area contributed by atoms with Gasteiger partial charge in [0.1, 0.15) is 0 Å². The van der Waals surface area contributed by atoms with Gasteiger partial charge in [0.25, 0.3) is 5.92 Å². The van der Waals surface area contributed by atoms with Crippen LogP contribution in [0.2, 0.25) is 0 Å². The van der Waals surface area contributed by atoms with Gasteiger partial charge in [0, 0.05) is 28.6 Å². The van der Waals surface area contributed by atoms with E-state index in [0.29, 0.717) is 18.2 Å². The minimum absolute atomic E-state index is 0.153. The predicted octanol–water partition coefficient (Wildman–Crippen LogP) is 3.67. The second kappa shape index (κ2) is 2.81. The van der Waals surface area contributed by atoms with E-state index in [9.17, 15) is 8.78 Å². The van der Waals surface area contributed by atoms with Crippen LogP contribution in [0.5, 0.6) is 0 Å². The number of halogens is 2. The molecule has 0 aliphatic heterocycles. The number of fused-ring (bicyclic) bond motifs is 1. The number of benzene rings is 1. The van der Waals surface area contributed by atoms with Crippen LogP contribution in [-0.2, 0) is 5.92 Å². The molecule has 1 fully saturated rings. The molecule has 1 aromatic heterocycles. The summed E-state index contributed by atoms with van der Waals surface area (Å²) >= 11 is 0. The summed E-state index contributed by atoms with van der Waals surface area (Å²) in [5.41, 5.74) is 0.938. The number of aromatic nitrogens is 1. The topological polar surface area (TPSA) is 15.8 Å². The molecule has 0 amide bonds. The summed E-state index contributed by atoms with van der Waals surface area (Å²) in [6.07, 6.45) is 2.74. The molecule has 78 valence electrons. The highest BCUT2D eigenvalue weighted by Crippen LogP contribution is 2.51. The van der Waals surface area contributed by atoms with Crippen LogP contribution in [0.3, 0.4) is 0 Å². The zero-order chi connectivity index (χ0) is 10.5. The van der Waals surface area contributed by atoms with Crippen molar-refractivity contribution in [3.63, 3.8) is 0 Å². The summed E-state index contributed by atoms with van der Waals surface area (Å²) < 4.78 is 27.8. The third-order valence-corrected chi connectivity index (χ3v) is 3.04. The number of rotatable bonds is 2. The number of H-pyrrole nitrogens is 1. The Labute approximate surface area is 86.1 Å². The summed E-state index contributed by atoms with van der Waals surface area (Å²) in [7, 11) is 0. The van der Waals surface area contributed by atoms with Gasteiger partial charge in [-0.05, 0) is 18.9 Å². The zero-order valence-electron chi connectivity index (χ0n) is 8.13. The molecule has 3 rings (SSSR count). The first-order valence-corrected chi connectivity index (χ1v) is 5.14. The first-order valence-electron chi connectivity index (χ1n) is 5.14. The van der Waals surface area contributed by atoms with Crippen LogP contribution in [-0.4, -0.2) is 4.98 Å². The Morgan fingerprint density at radius 1 is 1.20 bits per heavy atom.